The van der Waals surface area contributed by atoms with E-state index < -0.39 is 0 Å². The van der Waals surface area contributed by atoms with Crippen LogP contribution in [0.15, 0.2) is 72.8 Å². The predicted molar refractivity (Wildman–Crippen MR) is 152 cm³/mol. The van der Waals surface area contributed by atoms with Gasteiger partial charge in [0.05, 0.1) is 16.4 Å². The van der Waals surface area contributed by atoms with Gasteiger partial charge < -0.3 is 15.0 Å². The van der Waals surface area contributed by atoms with Gasteiger partial charge in [0.15, 0.2) is 0 Å². The van der Waals surface area contributed by atoms with Crippen LogP contribution in [0, 0.1) is 0 Å². The number of hydrogen-bond acceptors (Lipinski definition) is 4. The summed E-state index contributed by atoms with van der Waals surface area (Å²) in [5.74, 6) is -0.0461. The van der Waals surface area contributed by atoms with Crippen molar-refractivity contribution in [3.63, 3.8) is 0 Å². The van der Waals surface area contributed by atoms with Crippen LogP contribution in [-0.4, -0.2) is 53.3 Å². The average Bonchev–Trinajstić information content (AvgIpc) is 3.31. The molecule has 1 aromatic heterocycles. The first-order chi connectivity index (χ1) is 18.2. The van der Waals surface area contributed by atoms with Crippen LogP contribution in [0.4, 0.5) is 5.82 Å². The first-order valence-electron chi connectivity index (χ1n) is 12.6. The van der Waals surface area contributed by atoms with Crippen LogP contribution in [0.3, 0.4) is 0 Å². The van der Waals surface area contributed by atoms with E-state index >= 15 is 0 Å². The SMILES string of the molecule is COCCCN(CC(=O)Nc1cc(C(C)(C)C)nn1-c1ccccc1Cl)C(=O)c1cccc2ccccc12. The third-order valence-electron chi connectivity index (χ3n) is 6.24. The number of hydrogen-bond donors (Lipinski definition) is 1. The maximum absolute atomic E-state index is 13.7. The number of benzene rings is 3. The number of halogens is 1. The normalized spacial score (nSPS) is 11.5. The summed E-state index contributed by atoms with van der Waals surface area (Å²) in [6, 6.07) is 22.6. The molecule has 0 fully saturated rings. The van der Waals surface area contributed by atoms with Crippen LogP contribution in [-0.2, 0) is 14.9 Å². The Kier molecular flexibility index (Phi) is 8.49. The maximum Gasteiger partial charge on any atom is 0.254 e. The largest absolute Gasteiger partial charge is 0.385 e. The standard InChI is InChI=1S/C30H33ClN4O3/c1-30(2,3)26-19-27(35(33-26)25-16-8-7-15-24(25)31)32-28(36)20-34(17-10-18-38-4)29(37)23-14-9-12-21-11-5-6-13-22(21)23/h5-9,11-16,19H,10,17-18,20H2,1-4H3,(H,32,36). The first-order valence-corrected chi connectivity index (χ1v) is 13.0. The van der Waals surface area contributed by atoms with E-state index in [1.165, 1.54) is 0 Å². The number of aromatic nitrogens is 2. The Morgan fingerprint density at radius 1 is 1.03 bits per heavy atom. The molecule has 8 heteroatoms. The Balaban J connectivity index is 1.62. The molecule has 4 aromatic rings. The quantitative estimate of drug-likeness (QED) is 0.264. The maximum atomic E-state index is 13.7. The number of ether oxygens (including phenoxy) is 1. The van der Waals surface area contributed by atoms with Gasteiger partial charge in [-0.1, -0.05) is 80.9 Å². The van der Waals surface area contributed by atoms with Crippen molar-refractivity contribution < 1.29 is 14.3 Å². The van der Waals surface area contributed by atoms with Crippen molar-refractivity contribution in [1.29, 1.82) is 0 Å². The molecule has 0 aliphatic rings. The molecule has 1 N–H and O–H groups in total. The van der Waals surface area contributed by atoms with Gasteiger partial charge in [0, 0.05) is 37.3 Å². The summed E-state index contributed by atoms with van der Waals surface area (Å²) in [7, 11) is 1.62. The molecular weight excluding hydrogens is 500 g/mol. The Morgan fingerprint density at radius 3 is 2.47 bits per heavy atom. The van der Waals surface area contributed by atoms with Crippen molar-refractivity contribution in [3.8, 4) is 5.69 Å². The zero-order chi connectivity index (χ0) is 27.3. The Morgan fingerprint density at radius 2 is 1.74 bits per heavy atom. The molecule has 0 saturated heterocycles. The molecule has 0 unspecified atom stereocenters. The van der Waals surface area contributed by atoms with Gasteiger partial charge in [-0.05, 0) is 35.4 Å². The van der Waals surface area contributed by atoms with Gasteiger partial charge in [-0.2, -0.15) is 5.10 Å². The van der Waals surface area contributed by atoms with E-state index in [9.17, 15) is 9.59 Å². The second-order valence-electron chi connectivity index (χ2n) is 10.2. The summed E-state index contributed by atoms with van der Waals surface area (Å²) in [5, 5.41) is 10.0. The van der Waals surface area contributed by atoms with E-state index in [1.807, 2.05) is 60.7 Å². The molecule has 0 saturated carbocycles. The Labute approximate surface area is 228 Å². The summed E-state index contributed by atoms with van der Waals surface area (Å²) >= 11 is 6.46. The molecule has 2 amide bonds. The lowest BCUT2D eigenvalue weighted by molar-refractivity contribution is -0.117. The molecule has 1 heterocycles. The Hall–Kier alpha value is -3.68. The van der Waals surface area contributed by atoms with E-state index in [1.54, 1.807) is 28.8 Å². The van der Waals surface area contributed by atoms with Crippen LogP contribution in [0.5, 0.6) is 0 Å². The zero-order valence-electron chi connectivity index (χ0n) is 22.2. The predicted octanol–water partition coefficient (Wildman–Crippen LogP) is 6.09. The minimum atomic E-state index is -0.329. The number of para-hydroxylation sites is 1. The molecule has 7 nitrogen and oxygen atoms in total. The van der Waals surface area contributed by atoms with Gasteiger partial charge >= 0.3 is 0 Å². The van der Waals surface area contributed by atoms with Gasteiger partial charge in [-0.15, -0.1) is 0 Å². The van der Waals surface area contributed by atoms with Gasteiger partial charge in [-0.25, -0.2) is 4.68 Å². The van der Waals surface area contributed by atoms with Crippen LogP contribution in [0.1, 0.15) is 43.2 Å². The summed E-state index contributed by atoms with van der Waals surface area (Å²) < 4.78 is 6.84. The first kappa shape index (κ1) is 27.4. The van der Waals surface area contributed by atoms with Gasteiger partial charge in [-0.3, -0.25) is 9.59 Å². The highest BCUT2D eigenvalue weighted by molar-refractivity contribution is 6.32. The topological polar surface area (TPSA) is 76.5 Å². The highest BCUT2D eigenvalue weighted by Crippen LogP contribution is 2.29. The van der Waals surface area contributed by atoms with Gasteiger partial charge in [0.1, 0.15) is 12.4 Å². The lowest BCUT2D eigenvalue weighted by Crippen LogP contribution is -2.39. The molecule has 0 spiro atoms. The minimum Gasteiger partial charge on any atom is -0.385 e. The number of methoxy groups -OCH3 is 1. The number of carbonyl (C=O) groups is 2. The summed E-state index contributed by atoms with van der Waals surface area (Å²) in [5.41, 5.74) is 1.77. The third kappa shape index (κ3) is 6.23. The fraction of sp³-hybridized carbons (Fsp3) is 0.300. The van der Waals surface area contributed by atoms with Crippen LogP contribution >= 0.6 is 11.6 Å². The smallest absolute Gasteiger partial charge is 0.254 e. The average molecular weight is 533 g/mol. The summed E-state index contributed by atoms with van der Waals surface area (Å²) in [4.78, 5) is 28.6. The van der Waals surface area contributed by atoms with Crippen molar-refractivity contribution >= 4 is 40.0 Å². The minimum absolute atomic E-state index is 0.121. The molecule has 3 aromatic carbocycles. The molecule has 198 valence electrons. The molecule has 0 radical (unpaired) electrons. The number of nitrogens with zero attached hydrogens (tertiary/aromatic N) is 3. The van der Waals surface area contributed by atoms with E-state index in [4.69, 9.17) is 21.4 Å². The summed E-state index contributed by atoms with van der Waals surface area (Å²) in [6.07, 6.45) is 0.603. The second kappa shape index (κ2) is 11.8. The molecule has 0 aliphatic carbocycles. The van der Waals surface area contributed by atoms with Crippen molar-refractivity contribution in [1.82, 2.24) is 14.7 Å². The molecule has 0 bridgehead atoms. The highest BCUT2D eigenvalue weighted by Gasteiger charge is 2.24. The van der Waals surface area contributed by atoms with Crippen LogP contribution < -0.4 is 5.32 Å². The van der Waals surface area contributed by atoms with E-state index in [0.29, 0.717) is 41.7 Å². The molecule has 38 heavy (non-hydrogen) atoms. The highest BCUT2D eigenvalue weighted by atomic mass is 35.5. The molecule has 0 atom stereocenters. The number of amides is 2. The molecule has 4 rings (SSSR count). The fourth-order valence-electron chi connectivity index (χ4n) is 4.23. The van der Waals surface area contributed by atoms with E-state index in [-0.39, 0.29) is 23.8 Å². The lowest BCUT2D eigenvalue weighted by Gasteiger charge is -2.23. The number of anilines is 1. The number of carbonyl (C=O) groups excluding carboxylic acids is 2. The summed E-state index contributed by atoms with van der Waals surface area (Å²) in [6.45, 7) is 6.90. The lowest BCUT2D eigenvalue weighted by atomic mass is 9.92. The zero-order valence-corrected chi connectivity index (χ0v) is 23.0. The molecule has 0 aliphatic heterocycles. The van der Waals surface area contributed by atoms with Crippen molar-refractivity contribution in [3.05, 3.63) is 89.1 Å². The van der Waals surface area contributed by atoms with E-state index in [2.05, 4.69) is 26.1 Å². The van der Waals surface area contributed by atoms with Crippen LogP contribution in [0.2, 0.25) is 5.02 Å². The number of fused-ring (bicyclic) bond motifs is 1. The third-order valence-corrected chi connectivity index (χ3v) is 6.56. The van der Waals surface area contributed by atoms with Gasteiger partial charge in [0.2, 0.25) is 5.91 Å². The number of nitrogens with one attached hydrogen (secondary N) is 1. The second-order valence-corrected chi connectivity index (χ2v) is 10.6. The van der Waals surface area contributed by atoms with Crippen molar-refractivity contribution in [2.75, 3.05) is 32.1 Å². The van der Waals surface area contributed by atoms with E-state index in [0.717, 1.165) is 16.5 Å². The molecular formula is C30H33ClN4O3. The van der Waals surface area contributed by atoms with Gasteiger partial charge in [0.25, 0.3) is 5.91 Å². The van der Waals surface area contributed by atoms with Crippen LogP contribution in [0.25, 0.3) is 16.5 Å². The Bertz CT molecular complexity index is 1440. The van der Waals surface area contributed by atoms with Crippen molar-refractivity contribution in [2.24, 2.45) is 0 Å². The van der Waals surface area contributed by atoms with Crippen molar-refractivity contribution in [2.45, 2.75) is 32.6 Å². The number of rotatable bonds is 9. The monoisotopic (exact) mass is 532 g/mol. The fourth-order valence-corrected chi connectivity index (χ4v) is 4.45.